The summed E-state index contributed by atoms with van der Waals surface area (Å²) < 4.78 is 10.7. The van der Waals surface area contributed by atoms with Crippen molar-refractivity contribution in [1.82, 2.24) is 0 Å². The van der Waals surface area contributed by atoms with Gasteiger partial charge in [-0.15, -0.1) is 0 Å². The van der Waals surface area contributed by atoms with Crippen molar-refractivity contribution in [3.8, 4) is 0 Å². The molecule has 0 fully saturated rings. The van der Waals surface area contributed by atoms with Crippen molar-refractivity contribution in [1.29, 1.82) is 0 Å². The molecule has 0 saturated heterocycles. The second-order valence-electron chi connectivity index (χ2n) is 17.5. The van der Waals surface area contributed by atoms with E-state index < -0.39 is 6.10 Å². The molecule has 0 rings (SSSR count). The van der Waals surface area contributed by atoms with Gasteiger partial charge in [0, 0.05) is 12.8 Å². The Kier molecular flexibility index (Phi) is 54.6. The highest BCUT2D eigenvalue weighted by Crippen LogP contribution is 2.12. The third-order valence-corrected chi connectivity index (χ3v) is 11.0. The van der Waals surface area contributed by atoms with E-state index in [4.69, 9.17) is 9.47 Å². The van der Waals surface area contributed by atoms with Crippen LogP contribution in [0.3, 0.4) is 0 Å². The number of allylic oxidation sites excluding steroid dienone is 28. The molecule has 5 heteroatoms. The average molecular weight is 962 g/mol. The number of rotatable bonds is 48. The average Bonchev–Trinajstić information content (AvgIpc) is 3.36. The van der Waals surface area contributed by atoms with Crippen LogP contribution < -0.4 is 0 Å². The summed E-state index contributed by atoms with van der Waals surface area (Å²) in [5.74, 6) is -0.640. The van der Waals surface area contributed by atoms with Gasteiger partial charge in [-0.25, -0.2) is 0 Å². The third kappa shape index (κ3) is 55.9. The van der Waals surface area contributed by atoms with Gasteiger partial charge in [0.2, 0.25) is 0 Å². The van der Waals surface area contributed by atoms with Gasteiger partial charge in [0.25, 0.3) is 0 Å². The van der Waals surface area contributed by atoms with Crippen molar-refractivity contribution in [2.24, 2.45) is 0 Å². The van der Waals surface area contributed by atoms with E-state index in [1.165, 1.54) is 25.7 Å². The van der Waals surface area contributed by atoms with Gasteiger partial charge < -0.3 is 14.6 Å². The Hall–Kier alpha value is -4.74. The standard InChI is InChI=1S/C65H100O5/c1-3-5-7-9-11-13-15-17-19-21-23-25-26-27-28-29-30-31-32-33-34-35-36-37-38-40-42-44-46-48-50-52-54-56-58-60-65(68)70-63(61-66)62-69-64(67)59-57-55-53-51-49-47-45-43-41-39-24-22-20-18-16-14-12-10-8-6-4-2/h5-8,11-14,17-20,23-25,27-28,30-31,33-34,36-37,39-40,42-43,45,63,66H,3-4,9-10,15-16,21-22,26,29,32,35,38,41,44,46-62H2,1-2H3/b7-5-,8-6-,13-11-,14-12-,19-17-,20-18-,25-23-,28-27-,31-30-,34-33-,37-36-,39-24-,42-40-,45-43-. The molecule has 0 saturated carbocycles. The lowest BCUT2D eigenvalue weighted by atomic mass is 10.1. The van der Waals surface area contributed by atoms with E-state index in [9.17, 15) is 14.7 Å². The van der Waals surface area contributed by atoms with Crippen LogP contribution in [0.5, 0.6) is 0 Å². The Morgan fingerprint density at radius 3 is 0.857 bits per heavy atom. The van der Waals surface area contributed by atoms with E-state index in [1.807, 2.05) is 0 Å². The van der Waals surface area contributed by atoms with Crippen molar-refractivity contribution < 1.29 is 24.2 Å². The Balaban J connectivity index is 3.66. The van der Waals surface area contributed by atoms with Crippen LogP contribution >= 0.6 is 0 Å². The summed E-state index contributed by atoms with van der Waals surface area (Å²) in [4.78, 5) is 24.5. The number of hydrogen-bond acceptors (Lipinski definition) is 5. The summed E-state index contributed by atoms with van der Waals surface area (Å²) in [5, 5.41) is 9.64. The largest absolute Gasteiger partial charge is 0.462 e. The monoisotopic (exact) mass is 961 g/mol. The molecular weight excluding hydrogens is 861 g/mol. The topological polar surface area (TPSA) is 72.8 Å². The zero-order chi connectivity index (χ0) is 50.6. The molecule has 0 radical (unpaired) electrons. The number of unbranched alkanes of at least 4 members (excludes halogenated alkanes) is 12. The first-order chi connectivity index (χ1) is 34.6. The highest BCUT2D eigenvalue weighted by Gasteiger charge is 2.16. The molecule has 0 aromatic rings. The molecule has 0 spiro atoms. The zero-order valence-electron chi connectivity index (χ0n) is 44.5. The number of carbonyl (C=O) groups is 2. The van der Waals surface area contributed by atoms with Gasteiger partial charge in [-0.1, -0.05) is 235 Å². The van der Waals surface area contributed by atoms with Crippen molar-refractivity contribution in [3.05, 3.63) is 170 Å². The number of ether oxygens (including phenoxy) is 2. The van der Waals surface area contributed by atoms with Crippen molar-refractivity contribution in [3.63, 3.8) is 0 Å². The lowest BCUT2D eigenvalue weighted by Gasteiger charge is -2.15. The van der Waals surface area contributed by atoms with E-state index in [0.717, 1.165) is 154 Å². The minimum absolute atomic E-state index is 0.0926. The normalized spacial score (nSPS) is 13.6. The molecule has 390 valence electrons. The fourth-order valence-corrected chi connectivity index (χ4v) is 6.93. The summed E-state index contributed by atoms with van der Waals surface area (Å²) in [6.45, 7) is 3.87. The SMILES string of the molecule is CC/C=C\C/C=C\C/C=C\C/C=C\C/C=C\C/C=C\C/C=C\C/C=C\C/C=C\CCCCCCCCCC(=O)OC(CO)COC(=O)CCCCCCC/C=C\C/C=C\C/C=C\C/C=C\C/C=C\CC. The first-order valence-corrected chi connectivity index (χ1v) is 27.7. The number of esters is 2. The predicted octanol–water partition coefficient (Wildman–Crippen LogP) is 19.0. The van der Waals surface area contributed by atoms with Crippen LogP contribution in [-0.2, 0) is 19.1 Å². The first kappa shape index (κ1) is 65.3. The van der Waals surface area contributed by atoms with Crippen LogP contribution in [0, 0.1) is 0 Å². The Labute approximate surface area is 430 Å². The van der Waals surface area contributed by atoms with E-state index in [1.54, 1.807) is 0 Å². The van der Waals surface area contributed by atoms with Crippen LogP contribution in [0.4, 0.5) is 0 Å². The lowest BCUT2D eigenvalue weighted by molar-refractivity contribution is -0.161. The van der Waals surface area contributed by atoms with Crippen LogP contribution in [0.25, 0.3) is 0 Å². The molecule has 1 N–H and O–H groups in total. The lowest BCUT2D eigenvalue weighted by Crippen LogP contribution is -2.28. The fraction of sp³-hybridized carbons (Fsp3) is 0.538. The summed E-state index contributed by atoms with van der Waals surface area (Å²) in [7, 11) is 0. The maximum absolute atomic E-state index is 12.3. The fourth-order valence-electron chi connectivity index (χ4n) is 6.93. The molecule has 0 aliphatic rings. The van der Waals surface area contributed by atoms with Gasteiger partial charge in [-0.3, -0.25) is 9.59 Å². The molecule has 0 heterocycles. The molecular formula is C65H100O5. The summed E-state index contributed by atoms with van der Waals surface area (Å²) in [6, 6.07) is 0. The van der Waals surface area contributed by atoms with Gasteiger partial charge >= 0.3 is 11.9 Å². The second-order valence-corrected chi connectivity index (χ2v) is 17.5. The van der Waals surface area contributed by atoms with E-state index in [-0.39, 0.29) is 25.2 Å². The summed E-state index contributed by atoms with van der Waals surface area (Å²) >= 11 is 0. The molecule has 0 aliphatic heterocycles. The molecule has 0 aromatic carbocycles. The highest BCUT2D eigenvalue weighted by molar-refractivity contribution is 5.70. The predicted molar refractivity (Wildman–Crippen MR) is 306 cm³/mol. The second kappa shape index (κ2) is 58.6. The third-order valence-electron chi connectivity index (χ3n) is 11.0. The number of hydrogen-bond donors (Lipinski definition) is 1. The van der Waals surface area contributed by atoms with Gasteiger partial charge in [-0.2, -0.15) is 0 Å². The van der Waals surface area contributed by atoms with Crippen LogP contribution in [0.2, 0.25) is 0 Å². The molecule has 0 bridgehead atoms. The quantitative estimate of drug-likeness (QED) is 0.0374. The van der Waals surface area contributed by atoms with Gasteiger partial charge in [0.1, 0.15) is 6.61 Å². The maximum atomic E-state index is 12.3. The minimum Gasteiger partial charge on any atom is -0.462 e. The molecule has 0 amide bonds. The molecule has 0 aromatic heterocycles. The van der Waals surface area contributed by atoms with Crippen molar-refractivity contribution in [2.75, 3.05) is 13.2 Å². The van der Waals surface area contributed by atoms with E-state index in [2.05, 4.69) is 184 Å². The Morgan fingerprint density at radius 2 is 0.571 bits per heavy atom. The highest BCUT2D eigenvalue weighted by atomic mass is 16.6. The summed E-state index contributed by atoms with van der Waals surface area (Å²) in [5.41, 5.74) is 0. The zero-order valence-corrected chi connectivity index (χ0v) is 44.5. The van der Waals surface area contributed by atoms with E-state index in [0.29, 0.717) is 12.8 Å². The van der Waals surface area contributed by atoms with Crippen LogP contribution in [0.1, 0.15) is 206 Å². The number of carbonyl (C=O) groups excluding carboxylic acids is 2. The summed E-state index contributed by atoms with van der Waals surface area (Å²) in [6.07, 6.45) is 91.6. The van der Waals surface area contributed by atoms with Crippen LogP contribution in [0.15, 0.2) is 170 Å². The molecule has 0 aliphatic carbocycles. The molecule has 1 atom stereocenters. The Morgan fingerprint density at radius 1 is 0.329 bits per heavy atom. The van der Waals surface area contributed by atoms with Gasteiger partial charge in [-0.05, 0) is 128 Å². The van der Waals surface area contributed by atoms with Crippen molar-refractivity contribution >= 4 is 11.9 Å². The minimum atomic E-state index is -0.801. The number of aliphatic hydroxyl groups excluding tert-OH is 1. The van der Waals surface area contributed by atoms with Crippen LogP contribution in [-0.4, -0.2) is 36.4 Å². The molecule has 70 heavy (non-hydrogen) atoms. The number of aliphatic hydroxyl groups is 1. The van der Waals surface area contributed by atoms with Crippen molar-refractivity contribution in [2.45, 2.75) is 213 Å². The Bertz CT molecular complexity index is 1600. The first-order valence-electron chi connectivity index (χ1n) is 27.7. The molecule has 1 unspecified atom stereocenters. The van der Waals surface area contributed by atoms with Gasteiger partial charge in [0.05, 0.1) is 6.61 Å². The van der Waals surface area contributed by atoms with Gasteiger partial charge in [0.15, 0.2) is 6.10 Å². The maximum Gasteiger partial charge on any atom is 0.306 e. The van der Waals surface area contributed by atoms with E-state index >= 15 is 0 Å². The molecule has 5 nitrogen and oxygen atoms in total. The smallest absolute Gasteiger partial charge is 0.306 e.